The summed E-state index contributed by atoms with van der Waals surface area (Å²) in [7, 11) is 3.53. The zero-order valence-corrected chi connectivity index (χ0v) is 14.9. The van der Waals surface area contributed by atoms with Gasteiger partial charge in [0.1, 0.15) is 6.23 Å². The zero-order chi connectivity index (χ0) is 17.3. The highest BCUT2D eigenvalue weighted by Crippen LogP contribution is 2.42. The third kappa shape index (κ3) is 3.41. The number of fused-ring (bicyclic) bond motifs is 2. The third-order valence-electron chi connectivity index (χ3n) is 5.89. The van der Waals surface area contributed by atoms with E-state index in [-0.39, 0.29) is 37.2 Å². The topological polar surface area (TPSA) is 69.2 Å². The molecule has 138 valence electrons. The Hall–Kier alpha value is -0.500. The molecule has 2 N–H and O–H groups in total. The molecule has 0 aromatic heterocycles. The van der Waals surface area contributed by atoms with Gasteiger partial charge in [-0.15, -0.1) is 0 Å². The normalized spacial score (nSPS) is 43.1. The van der Waals surface area contributed by atoms with Gasteiger partial charge in [0.15, 0.2) is 0 Å². The Morgan fingerprint density at radius 1 is 1.21 bits per heavy atom. The van der Waals surface area contributed by atoms with E-state index in [2.05, 4.69) is 11.9 Å². The van der Waals surface area contributed by atoms with E-state index in [1.54, 1.807) is 14.2 Å². The molecule has 0 aromatic carbocycles. The molecule has 1 aliphatic carbocycles. The first-order valence-corrected chi connectivity index (χ1v) is 8.95. The van der Waals surface area contributed by atoms with Gasteiger partial charge < -0.3 is 24.1 Å². The first-order chi connectivity index (χ1) is 11.6. The molecule has 0 aromatic rings. The molecule has 0 spiro atoms. The summed E-state index contributed by atoms with van der Waals surface area (Å²) in [5.74, 6) is 0.810. The zero-order valence-electron chi connectivity index (χ0n) is 14.9. The van der Waals surface area contributed by atoms with Crippen LogP contribution in [0.4, 0.5) is 0 Å². The van der Waals surface area contributed by atoms with Crippen molar-refractivity contribution in [3.05, 3.63) is 12.2 Å². The number of rotatable bonds is 6. The van der Waals surface area contributed by atoms with E-state index < -0.39 is 6.10 Å². The quantitative estimate of drug-likeness (QED) is 0.705. The van der Waals surface area contributed by atoms with Crippen LogP contribution in [-0.2, 0) is 18.9 Å². The SMILES string of the molecule is C=C(C)[C@H](O)COC1CCC2C(NC3OCCC3C2OC)C1OC. The molecule has 0 radical (unpaired) electrons. The number of aliphatic hydroxyl groups excluding tert-OH is 1. The van der Waals surface area contributed by atoms with E-state index >= 15 is 0 Å². The van der Waals surface area contributed by atoms with E-state index in [0.717, 1.165) is 31.4 Å². The average molecular weight is 341 g/mol. The lowest BCUT2D eigenvalue weighted by atomic mass is 9.70. The number of aliphatic hydroxyl groups is 1. The summed E-state index contributed by atoms with van der Waals surface area (Å²) in [5, 5.41) is 13.6. The van der Waals surface area contributed by atoms with Crippen molar-refractivity contribution in [3.8, 4) is 0 Å². The van der Waals surface area contributed by atoms with Gasteiger partial charge in [-0.25, -0.2) is 0 Å². The maximum atomic E-state index is 9.93. The maximum absolute atomic E-state index is 9.93. The van der Waals surface area contributed by atoms with Gasteiger partial charge in [0.05, 0.1) is 31.0 Å². The Kier molecular flexibility index (Phi) is 5.95. The molecule has 0 bridgehead atoms. The molecule has 24 heavy (non-hydrogen) atoms. The highest BCUT2D eigenvalue weighted by molar-refractivity contribution is 5.05. The van der Waals surface area contributed by atoms with E-state index in [4.69, 9.17) is 18.9 Å². The van der Waals surface area contributed by atoms with Crippen molar-refractivity contribution in [1.82, 2.24) is 5.32 Å². The van der Waals surface area contributed by atoms with Crippen molar-refractivity contribution in [2.45, 2.75) is 62.9 Å². The molecule has 1 saturated carbocycles. The molecule has 6 heteroatoms. The van der Waals surface area contributed by atoms with Crippen LogP contribution in [0.25, 0.3) is 0 Å². The van der Waals surface area contributed by atoms with Crippen molar-refractivity contribution in [2.75, 3.05) is 27.4 Å². The highest BCUT2D eigenvalue weighted by Gasteiger charge is 2.53. The minimum atomic E-state index is -0.631. The fraction of sp³-hybridized carbons (Fsp3) is 0.889. The van der Waals surface area contributed by atoms with E-state index in [0.29, 0.717) is 11.8 Å². The van der Waals surface area contributed by atoms with Crippen molar-refractivity contribution in [1.29, 1.82) is 0 Å². The first-order valence-electron chi connectivity index (χ1n) is 8.95. The second-order valence-electron chi connectivity index (χ2n) is 7.31. The van der Waals surface area contributed by atoms with Crippen molar-refractivity contribution in [2.24, 2.45) is 11.8 Å². The van der Waals surface area contributed by atoms with E-state index in [1.807, 2.05) is 6.92 Å². The molecule has 2 saturated heterocycles. The van der Waals surface area contributed by atoms with Crippen LogP contribution in [0.5, 0.6) is 0 Å². The standard InChI is InChI=1S/C18H31NO5/c1-10(2)13(20)9-24-14-6-5-11-15(17(14)22-4)19-18-12(7-8-23-18)16(11)21-3/h11-20H,1,5-9H2,2-4H3/t11?,12?,13-,14?,15?,16?,17?,18?/m1/s1. The largest absolute Gasteiger partial charge is 0.386 e. The smallest absolute Gasteiger partial charge is 0.113 e. The van der Waals surface area contributed by atoms with Gasteiger partial charge >= 0.3 is 0 Å². The van der Waals surface area contributed by atoms with Gasteiger partial charge in [-0.2, -0.15) is 0 Å². The Morgan fingerprint density at radius 3 is 2.62 bits per heavy atom. The van der Waals surface area contributed by atoms with Crippen LogP contribution in [-0.4, -0.2) is 69.2 Å². The molecule has 3 aliphatic rings. The fourth-order valence-electron chi connectivity index (χ4n) is 4.57. The van der Waals surface area contributed by atoms with Crippen LogP contribution in [0.1, 0.15) is 26.2 Å². The van der Waals surface area contributed by atoms with Gasteiger partial charge in [0.2, 0.25) is 0 Å². The van der Waals surface area contributed by atoms with Crippen LogP contribution in [0.2, 0.25) is 0 Å². The van der Waals surface area contributed by atoms with Gasteiger partial charge in [-0.3, -0.25) is 5.32 Å². The number of hydrogen-bond donors (Lipinski definition) is 2. The molecule has 0 amide bonds. The summed E-state index contributed by atoms with van der Waals surface area (Å²) in [4.78, 5) is 0. The molecule has 2 aliphatic heterocycles. The lowest BCUT2D eigenvalue weighted by Gasteiger charge is -2.51. The monoisotopic (exact) mass is 341 g/mol. The molecule has 8 atom stereocenters. The fourth-order valence-corrected chi connectivity index (χ4v) is 4.57. The number of methoxy groups -OCH3 is 2. The summed E-state index contributed by atoms with van der Waals surface area (Å²) < 4.78 is 23.5. The Balaban J connectivity index is 1.69. The maximum Gasteiger partial charge on any atom is 0.113 e. The Bertz CT molecular complexity index is 445. The summed E-state index contributed by atoms with van der Waals surface area (Å²) >= 11 is 0. The molecule has 3 fully saturated rings. The Labute approximate surface area is 144 Å². The molecular weight excluding hydrogens is 310 g/mol. The third-order valence-corrected chi connectivity index (χ3v) is 5.89. The molecule has 3 rings (SSSR count). The first kappa shape index (κ1) is 18.3. The lowest BCUT2D eigenvalue weighted by Crippen LogP contribution is -2.66. The van der Waals surface area contributed by atoms with Crippen LogP contribution in [0.15, 0.2) is 12.2 Å². The van der Waals surface area contributed by atoms with Crippen LogP contribution < -0.4 is 5.32 Å². The number of piperidine rings is 1. The summed E-state index contributed by atoms with van der Waals surface area (Å²) in [6.45, 7) is 6.62. The minimum absolute atomic E-state index is 0.0357. The van der Waals surface area contributed by atoms with Crippen LogP contribution >= 0.6 is 0 Å². The van der Waals surface area contributed by atoms with E-state index in [9.17, 15) is 5.11 Å². The van der Waals surface area contributed by atoms with Gasteiger partial charge in [0.25, 0.3) is 0 Å². The number of ether oxygens (including phenoxy) is 4. The molecule has 6 nitrogen and oxygen atoms in total. The second-order valence-corrected chi connectivity index (χ2v) is 7.31. The highest BCUT2D eigenvalue weighted by atomic mass is 16.5. The van der Waals surface area contributed by atoms with E-state index in [1.165, 1.54) is 0 Å². The summed E-state index contributed by atoms with van der Waals surface area (Å²) in [5.41, 5.74) is 0.718. The predicted molar refractivity (Wildman–Crippen MR) is 89.6 cm³/mol. The average Bonchev–Trinajstić information content (AvgIpc) is 3.04. The Morgan fingerprint density at radius 2 is 1.96 bits per heavy atom. The van der Waals surface area contributed by atoms with Gasteiger partial charge in [0, 0.05) is 38.7 Å². The molecule has 7 unspecified atom stereocenters. The van der Waals surface area contributed by atoms with Crippen LogP contribution in [0, 0.1) is 11.8 Å². The van der Waals surface area contributed by atoms with Crippen molar-refractivity contribution in [3.63, 3.8) is 0 Å². The second kappa shape index (κ2) is 7.81. The summed E-state index contributed by atoms with van der Waals surface area (Å²) in [6, 6.07) is 0.139. The number of nitrogens with one attached hydrogen (secondary N) is 1. The predicted octanol–water partition coefficient (Wildman–Crippen LogP) is 1.08. The van der Waals surface area contributed by atoms with Gasteiger partial charge in [-0.05, 0) is 31.8 Å². The summed E-state index contributed by atoms with van der Waals surface area (Å²) in [6.07, 6.45) is 2.44. The molecular formula is C18H31NO5. The lowest BCUT2D eigenvalue weighted by molar-refractivity contribution is -0.167. The van der Waals surface area contributed by atoms with Crippen molar-refractivity contribution >= 4 is 0 Å². The molecule has 2 heterocycles. The van der Waals surface area contributed by atoms with Crippen molar-refractivity contribution < 1.29 is 24.1 Å². The van der Waals surface area contributed by atoms with Gasteiger partial charge in [-0.1, -0.05) is 6.58 Å². The van der Waals surface area contributed by atoms with Crippen LogP contribution in [0.3, 0.4) is 0 Å². The number of hydrogen-bond acceptors (Lipinski definition) is 6. The minimum Gasteiger partial charge on any atom is -0.386 e.